The number of nitrogens with one attached hydrogen (secondary N) is 1. The SMILES string of the molecule is Cc1cnc(CNC(=O)CBr)cn1. The third-order valence-electron chi connectivity index (χ3n) is 1.42. The Morgan fingerprint density at radius 2 is 2.31 bits per heavy atom. The molecule has 0 fully saturated rings. The summed E-state index contributed by atoms with van der Waals surface area (Å²) in [5.74, 6) is -0.0534. The lowest BCUT2D eigenvalue weighted by molar-refractivity contribution is -0.118. The van der Waals surface area contributed by atoms with Crippen molar-refractivity contribution < 1.29 is 4.79 Å². The maximum atomic E-state index is 10.8. The highest BCUT2D eigenvalue weighted by atomic mass is 79.9. The van der Waals surface area contributed by atoms with Crippen LogP contribution in [0.1, 0.15) is 11.4 Å². The molecule has 1 N–H and O–H groups in total. The highest BCUT2D eigenvalue weighted by Gasteiger charge is 1.98. The standard InChI is InChI=1S/C8H10BrN3O/c1-6-3-11-7(4-10-6)5-12-8(13)2-9/h3-4H,2,5H2,1H3,(H,12,13). The Balaban J connectivity index is 2.46. The number of aromatic nitrogens is 2. The second kappa shape index (κ2) is 4.91. The van der Waals surface area contributed by atoms with Gasteiger partial charge < -0.3 is 5.32 Å². The highest BCUT2D eigenvalue weighted by molar-refractivity contribution is 9.09. The van der Waals surface area contributed by atoms with Crippen molar-refractivity contribution in [2.75, 3.05) is 5.33 Å². The predicted octanol–water partition coefficient (Wildman–Crippen LogP) is 0.796. The Morgan fingerprint density at radius 1 is 1.54 bits per heavy atom. The molecule has 1 heterocycles. The molecule has 0 spiro atoms. The average molecular weight is 244 g/mol. The number of hydrogen-bond acceptors (Lipinski definition) is 3. The van der Waals surface area contributed by atoms with E-state index in [1.807, 2.05) is 6.92 Å². The summed E-state index contributed by atoms with van der Waals surface area (Å²) in [6.07, 6.45) is 3.33. The molecule has 0 aliphatic heterocycles. The van der Waals surface area contributed by atoms with Gasteiger partial charge in [-0.3, -0.25) is 14.8 Å². The van der Waals surface area contributed by atoms with Gasteiger partial charge in [0.25, 0.3) is 0 Å². The zero-order valence-corrected chi connectivity index (χ0v) is 8.84. The molecule has 1 aromatic rings. The predicted molar refractivity (Wildman–Crippen MR) is 52.4 cm³/mol. The van der Waals surface area contributed by atoms with Gasteiger partial charge in [0.15, 0.2) is 0 Å². The molecular weight excluding hydrogens is 234 g/mol. The first-order chi connectivity index (χ1) is 6.22. The Kier molecular flexibility index (Phi) is 3.82. The molecule has 1 rings (SSSR count). The Morgan fingerprint density at radius 3 is 2.85 bits per heavy atom. The summed E-state index contributed by atoms with van der Waals surface area (Å²) in [6, 6.07) is 0. The summed E-state index contributed by atoms with van der Waals surface area (Å²) in [7, 11) is 0. The van der Waals surface area contributed by atoms with E-state index >= 15 is 0 Å². The van der Waals surface area contributed by atoms with Crippen LogP contribution < -0.4 is 5.32 Å². The van der Waals surface area contributed by atoms with Crippen molar-refractivity contribution in [3.63, 3.8) is 0 Å². The normalized spacial score (nSPS) is 9.69. The lowest BCUT2D eigenvalue weighted by atomic mass is 10.4. The van der Waals surface area contributed by atoms with Gasteiger partial charge >= 0.3 is 0 Å². The van der Waals surface area contributed by atoms with Crippen molar-refractivity contribution in [3.8, 4) is 0 Å². The monoisotopic (exact) mass is 243 g/mol. The van der Waals surface area contributed by atoms with E-state index in [0.717, 1.165) is 11.4 Å². The summed E-state index contributed by atoms with van der Waals surface area (Å²) in [4.78, 5) is 19.0. The number of carbonyl (C=O) groups excluding carboxylic acids is 1. The zero-order chi connectivity index (χ0) is 9.68. The van der Waals surface area contributed by atoms with Gasteiger partial charge in [-0.05, 0) is 6.92 Å². The molecule has 0 atom stereocenters. The minimum atomic E-state index is -0.0534. The maximum Gasteiger partial charge on any atom is 0.230 e. The lowest BCUT2D eigenvalue weighted by Crippen LogP contribution is -2.24. The van der Waals surface area contributed by atoms with E-state index in [0.29, 0.717) is 11.9 Å². The van der Waals surface area contributed by atoms with Crippen LogP contribution in [0.3, 0.4) is 0 Å². The van der Waals surface area contributed by atoms with Crippen molar-refractivity contribution in [2.24, 2.45) is 0 Å². The van der Waals surface area contributed by atoms with E-state index in [4.69, 9.17) is 0 Å². The Bertz CT molecular complexity index is 286. The third-order valence-corrected chi connectivity index (χ3v) is 1.93. The molecular formula is C8H10BrN3O. The first kappa shape index (κ1) is 10.1. The number of alkyl halides is 1. The minimum absolute atomic E-state index is 0.0534. The highest BCUT2D eigenvalue weighted by Crippen LogP contribution is 1.93. The van der Waals surface area contributed by atoms with Crippen molar-refractivity contribution >= 4 is 21.8 Å². The largest absolute Gasteiger partial charge is 0.350 e. The van der Waals surface area contributed by atoms with Crippen molar-refractivity contribution in [1.29, 1.82) is 0 Å². The average Bonchev–Trinajstić information content (AvgIpc) is 2.16. The maximum absolute atomic E-state index is 10.8. The molecule has 1 amide bonds. The van der Waals surface area contributed by atoms with Crippen LogP contribution in [-0.2, 0) is 11.3 Å². The van der Waals surface area contributed by atoms with E-state index in [1.165, 1.54) is 0 Å². The van der Waals surface area contributed by atoms with Crippen LogP contribution in [0, 0.1) is 6.92 Å². The molecule has 1 aromatic heterocycles. The molecule has 0 unspecified atom stereocenters. The minimum Gasteiger partial charge on any atom is -0.350 e. The number of carbonyl (C=O) groups is 1. The Labute approximate surface area is 84.9 Å². The second-order valence-corrected chi connectivity index (χ2v) is 3.12. The van der Waals surface area contributed by atoms with Gasteiger partial charge in [-0.25, -0.2) is 0 Å². The first-order valence-electron chi connectivity index (χ1n) is 3.82. The first-order valence-corrected chi connectivity index (χ1v) is 4.94. The van der Waals surface area contributed by atoms with E-state index in [2.05, 4.69) is 31.2 Å². The summed E-state index contributed by atoms with van der Waals surface area (Å²) >= 11 is 3.05. The fourth-order valence-corrected chi connectivity index (χ4v) is 0.945. The number of aryl methyl sites for hydroxylation is 1. The van der Waals surface area contributed by atoms with E-state index < -0.39 is 0 Å². The number of nitrogens with zero attached hydrogens (tertiary/aromatic N) is 2. The fourth-order valence-electron chi connectivity index (χ4n) is 0.747. The van der Waals surface area contributed by atoms with Crippen LogP contribution in [0.4, 0.5) is 0 Å². The van der Waals surface area contributed by atoms with Crippen molar-refractivity contribution in [2.45, 2.75) is 13.5 Å². The van der Waals surface area contributed by atoms with Crippen LogP contribution in [0.5, 0.6) is 0 Å². The van der Waals surface area contributed by atoms with Crippen molar-refractivity contribution in [3.05, 3.63) is 23.8 Å². The molecule has 0 aromatic carbocycles. The smallest absolute Gasteiger partial charge is 0.230 e. The van der Waals surface area contributed by atoms with Gasteiger partial charge in [-0.2, -0.15) is 0 Å². The van der Waals surface area contributed by atoms with Crippen LogP contribution >= 0.6 is 15.9 Å². The van der Waals surface area contributed by atoms with Crippen LogP contribution in [0.2, 0.25) is 0 Å². The van der Waals surface area contributed by atoms with E-state index in [1.54, 1.807) is 12.4 Å². The van der Waals surface area contributed by atoms with Crippen LogP contribution in [0.15, 0.2) is 12.4 Å². The van der Waals surface area contributed by atoms with E-state index in [9.17, 15) is 4.79 Å². The van der Waals surface area contributed by atoms with Crippen LogP contribution in [-0.4, -0.2) is 21.2 Å². The molecule has 70 valence electrons. The van der Waals surface area contributed by atoms with Gasteiger partial charge in [0.1, 0.15) is 0 Å². The molecule has 0 saturated carbocycles. The molecule has 4 nitrogen and oxygen atoms in total. The number of rotatable bonds is 3. The third kappa shape index (κ3) is 3.50. The molecule has 0 aliphatic rings. The number of halogens is 1. The van der Waals surface area contributed by atoms with Gasteiger partial charge in [0.2, 0.25) is 5.91 Å². The zero-order valence-electron chi connectivity index (χ0n) is 7.25. The quantitative estimate of drug-likeness (QED) is 0.800. The van der Waals surface area contributed by atoms with Crippen molar-refractivity contribution in [1.82, 2.24) is 15.3 Å². The molecule has 13 heavy (non-hydrogen) atoms. The van der Waals surface area contributed by atoms with Gasteiger partial charge in [-0.15, -0.1) is 0 Å². The molecule has 0 saturated heterocycles. The fraction of sp³-hybridized carbons (Fsp3) is 0.375. The van der Waals surface area contributed by atoms with Gasteiger partial charge in [0, 0.05) is 6.20 Å². The molecule has 0 aliphatic carbocycles. The summed E-state index contributed by atoms with van der Waals surface area (Å²) < 4.78 is 0. The lowest BCUT2D eigenvalue weighted by Gasteiger charge is -2.01. The second-order valence-electron chi connectivity index (χ2n) is 2.56. The summed E-state index contributed by atoms with van der Waals surface area (Å²) in [5, 5.41) is 2.99. The number of amides is 1. The van der Waals surface area contributed by atoms with E-state index in [-0.39, 0.29) is 5.91 Å². The molecule has 0 bridgehead atoms. The van der Waals surface area contributed by atoms with Gasteiger partial charge in [0.05, 0.1) is 29.5 Å². The molecule has 0 radical (unpaired) electrons. The topological polar surface area (TPSA) is 54.9 Å². The van der Waals surface area contributed by atoms with Crippen LogP contribution in [0.25, 0.3) is 0 Å². The summed E-state index contributed by atoms with van der Waals surface area (Å²) in [5.41, 5.74) is 1.63. The Hall–Kier alpha value is -0.970. The summed E-state index contributed by atoms with van der Waals surface area (Å²) in [6.45, 7) is 2.30. The molecule has 5 heteroatoms. The number of hydrogen-bond donors (Lipinski definition) is 1. The van der Waals surface area contributed by atoms with Gasteiger partial charge in [-0.1, -0.05) is 15.9 Å².